The number of aromatic nitrogens is 1. The molecule has 0 fully saturated rings. The molecule has 2 N–H and O–H groups in total. The lowest BCUT2D eigenvalue weighted by Crippen LogP contribution is -2.12. The molecular formula is C15H13ClN2O. The van der Waals surface area contributed by atoms with E-state index >= 15 is 0 Å². The highest BCUT2D eigenvalue weighted by Gasteiger charge is 2.13. The molecule has 0 aliphatic heterocycles. The standard InChI is InChI=1S/C15H13ClN2O/c16-15-6-5-14(19-15)12(17)9-10-7-8-18-13-4-2-1-3-11(10)13/h1-8,12H,9,17H2. The average Bonchev–Trinajstić information content (AvgIpc) is 2.86. The second kappa shape index (κ2) is 5.03. The van der Waals surface area contributed by atoms with Crippen LogP contribution in [0.25, 0.3) is 10.9 Å². The Labute approximate surface area is 116 Å². The number of nitrogens with zero attached hydrogens (tertiary/aromatic N) is 1. The molecule has 0 radical (unpaired) electrons. The van der Waals surface area contributed by atoms with Crippen LogP contribution in [0.1, 0.15) is 17.4 Å². The monoisotopic (exact) mass is 272 g/mol. The molecule has 0 amide bonds. The third-order valence-electron chi connectivity index (χ3n) is 3.14. The summed E-state index contributed by atoms with van der Waals surface area (Å²) in [4.78, 5) is 4.34. The Bertz CT molecular complexity index is 703. The van der Waals surface area contributed by atoms with Crippen molar-refractivity contribution in [1.82, 2.24) is 4.98 Å². The number of pyridine rings is 1. The Hall–Kier alpha value is -1.84. The zero-order valence-corrected chi connectivity index (χ0v) is 11.0. The first-order valence-corrected chi connectivity index (χ1v) is 6.45. The van der Waals surface area contributed by atoms with Crippen LogP contribution < -0.4 is 5.73 Å². The van der Waals surface area contributed by atoms with Gasteiger partial charge in [-0.25, -0.2) is 0 Å². The second-order valence-corrected chi connectivity index (χ2v) is 4.81. The van der Waals surface area contributed by atoms with Gasteiger partial charge in [0, 0.05) is 11.6 Å². The number of benzene rings is 1. The van der Waals surface area contributed by atoms with Crippen LogP contribution in [0.15, 0.2) is 53.1 Å². The SMILES string of the molecule is NC(Cc1ccnc2ccccc12)c1ccc(Cl)o1. The minimum atomic E-state index is -0.210. The lowest BCUT2D eigenvalue weighted by atomic mass is 10.0. The number of fused-ring (bicyclic) bond motifs is 1. The maximum Gasteiger partial charge on any atom is 0.193 e. The summed E-state index contributed by atoms with van der Waals surface area (Å²) < 4.78 is 5.35. The van der Waals surface area contributed by atoms with Crippen molar-refractivity contribution >= 4 is 22.5 Å². The summed E-state index contributed by atoms with van der Waals surface area (Å²) in [5, 5.41) is 1.49. The molecule has 2 aromatic heterocycles. The third kappa shape index (κ3) is 2.48. The van der Waals surface area contributed by atoms with Gasteiger partial charge in [0.1, 0.15) is 5.76 Å². The number of hydrogen-bond donors (Lipinski definition) is 1. The Morgan fingerprint density at radius 1 is 1.16 bits per heavy atom. The van der Waals surface area contributed by atoms with E-state index in [-0.39, 0.29) is 6.04 Å². The van der Waals surface area contributed by atoms with Gasteiger partial charge in [0.2, 0.25) is 0 Å². The smallest absolute Gasteiger partial charge is 0.193 e. The molecule has 3 aromatic rings. The predicted octanol–water partition coefficient (Wildman–Crippen LogP) is 3.72. The fourth-order valence-corrected chi connectivity index (χ4v) is 2.35. The van der Waals surface area contributed by atoms with E-state index in [1.807, 2.05) is 30.3 Å². The van der Waals surface area contributed by atoms with E-state index in [1.54, 1.807) is 12.3 Å². The number of rotatable bonds is 3. The van der Waals surface area contributed by atoms with Crippen molar-refractivity contribution in [2.24, 2.45) is 5.73 Å². The molecule has 3 rings (SSSR count). The van der Waals surface area contributed by atoms with Gasteiger partial charge in [0.15, 0.2) is 5.22 Å². The van der Waals surface area contributed by atoms with Crippen LogP contribution >= 0.6 is 11.6 Å². The van der Waals surface area contributed by atoms with E-state index in [0.29, 0.717) is 17.4 Å². The molecule has 0 saturated carbocycles. The number of halogens is 1. The molecule has 1 aromatic carbocycles. The second-order valence-electron chi connectivity index (χ2n) is 4.44. The highest BCUT2D eigenvalue weighted by molar-refractivity contribution is 6.28. The van der Waals surface area contributed by atoms with Gasteiger partial charge in [-0.05, 0) is 47.9 Å². The summed E-state index contributed by atoms with van der Waals surface area (Å²) in [6.45, 7) is 0. The van der Waals surface area contributed by atoms with E-state index in [9.17, 15) is 0 Å². The molecule has 3 nitrogen and oxygen atoms in total. The summed E-state index contributed by atoms with van der Waals surface area (Å²) in [7, 11) is 0. The van der Waals surface area contributed by atoms with E-state index in [1.165, 1.54) is 0 Å². The van der Waals surface area contributed by atoms with Crippen molar-refractivity contribution in [3.63, 3.8) is 0 Å². The maximum atomic E-state index is 6.16. The first kappa shape index (κ1) is 12.2. The number of furan rings is 1. The number of hydrogen-bond acceptors (Lipinski definition) is 3. The van der Waals surface area contributed by atoms with Crippen LogP contribution in [0.3, 0.4) is 0 Å². The van der Waals surface area contributed by atoms with E-state index in [4.69, 9.17) is 21.8 Å². The van der Waals surface area contributed by atoms with Gasteiger partial charge in [0.05, 0.1) is 11.6 Å². The largest absolute Gasteiger partial charge is 0.448 e. The minimum absolute atomic E-state index is 0.210. The van der Waals surface area contributed by atoms with Gasteiger partial charge < -0.3 is 10.2 Å². The summed E-state index contributed by atoms with van der Waals surface area (Å²) in [6, 6.07) is 13.3. The number of para-hydroxylation sites is 1. The molecule has 0 spiro atoms. The fraction of sp³-hybridized carbons (Fsp3) is 0.133. The van der Waals surface area contributed by atoms with Crippen molar-refractivity contribution in [2.75, 3.05) is 0 Å². The fourth-order valence-electron chi connectivity index (χ4n) is 2.20. The van der Waals surface area contributed by atoms with Crippen LogP contribution in [0, 0.1) is 0 Å². The zero-order valence-electron chi connectivity index (χ0n) is 10.2. The van der Waals surface area contributed by atoms with Crippen molar-refractivity contribution in [2.45, 2.75) is 12.5 Å². The molecule has 0 bridgehead atoms. The Morgan fingerprint density at radius 2 is 2.00 bits per heavy atom. The van der Waals surface area contributed by atoms with Gasteiger partial charge in [-0.15, -0.1) is 0 Å². The normalized spacial score (nSPS) is 12.7. The lowest BCUT2D eigenvalue weighted by Gasteiger charge is -2.10. The van der Waals surface area contributed by atoms with Gasteiger partial charge >= 0.3 is 0 Å². The highest BCUT2D eigenvalue weighted by Crippen LogP contribution is 2.24. The highest BCUT2D eigenvalue weighted by atomic mass is 35.5. The van der Waals surface area contributed by atoms with E-state index < -0.39 is 0 Å². The van der Waals surface area contributed by atoms with Gasteiger partial charge in [-0.1, -0.05) is 18.2 Å². The number of nitrogens with two attached hydrogens (primary N) is 1. The molecule has 0 saturated heterocycles. The molecule has 4 heteroatoms. The van der Waals surface area contributed by atoms with Crippen LogP contribution in [0.2, 0.25) is 5.22 Å². The summed E-state index contributed by atoms with van der Waals surface area (Å²) in [6.07, 6.45) is 2.49. The minimum Gasteiger partial charge on any atom is -0.448 e. The quantitative estimate of drug-likeness (QED) is 0.790. The van der Waals surface area contributed by atoms with Crippen LogP contribution in [-0.4, -0.2) is 4.98 Å². The summed E-state index contributed by atoms with van der Waals surface area (Å²) in [5.41, 5.74) is 8.29. The predicted molar refractivity (Wildman–Crippen MR) is 76.1 cm³/mol. The van der Waals surface area contributed by atoms with Crippen molar-refractivity contribution in [1.29, 1.82) is 0 Å². The molecule has 2 heterocycles. The van der Waals surface area contributed by atoms with Crippen LogP contribution in [0.5, 0.6) is 0 Å². The van der Waals surface area contributed by atoms with Crippen molar-refractivity contribution in [3.05, 3.63) is 65.2 Å². The Morgan fingerprint density at radius 3 is 2.79 bits per heavy atom. The van der Waals surface area contributed by atoms with Crippen molar-refractivity contribution < 1.29 is 4.42 Å². The Balaban J connectivity index is 1.93. The molecule has 19 heavy (non-hydrogen) atoms. The van der Waals surface area contributed by atoms with Gasteiger partial charge in [-0.2, -0.15) is 0 Å². The molecule has 1 atom stereocenters. The molecule has 1 unspecified atom stereocenters. The average molecular weight is 273 g/mol. The van der Waals surface area contributed by atoms with Crippen LogP contribution in [0.4, 0.5) is 0 Å². The maximum absolute atomic E-state index is 6.16. The molecule has 0 aliphatic carbocycles. The molecule has 0 aliphatic rings. The Kier molecular flexibility index (Phi) is 3.23. The summed E-state index contributed by atoms with van der Waals surface area (Å²) >= 11 is 5.77. The third-order valence-corrected chi connectivity index (χ3v) is 3.34. The van der Waals surface area contributed by atoms with E-state index in [0.717, 1.165) is 16.5 Å². The summed E-state index contributed by atoms with van der Waals surface area (Å²) in [5.74, 6) is 0.700. The zero-order chi connectivity index (χ0) is 13.2. The molecule has 96 valence electrons. The first-order chi connectivity index (χ1) is 9.24. The van der Waals surface area contributed by atoms with Crippen LogP contribution in [-0.2, 0) is 6.42 Å². The lowest BCUT2D eigenvalue weighted by molar-refractivity contribution is 0.466. The van der Waals surface area contributed by atoms with Crippen molar-refractivity contribution in [3.8, 4) is 0 Å². The van der Waals surface area contributed by atoms with Gasteiger partial charge in [-0.3, -0.25) is 4.98 Å². The first-order valence-electron chi connectivity index (χ1n) is 6.07. The van der Waals surface area contributed by atoms with Gasteiger partial charge in [0.25, 0.3) is 0 Å². The molecular weight excluding hydrogens is 260 g/mol. The van der Waals surface area contributed by atoms with E-state index in [2.05, 4.69) is 11.1 Å². The topological polar surface area (TPSA) is 52.0 Å².